The third-order valence-electron chi connectivity index (χ3n) is 3.87. The molecular weight excluding hydrogens is 372 g/mol. The standard InChI is InChI=1S/C18H20N2O4S2/c21-16(22)6-8-25-10-12-3-1-4-13(9-12)19-17(23)14-11-26-18(20-14)15-5-2-7-24-15/h1,3-4,9,11,15H,2,5-8,10H2,(H,19,23)(H,21,22). The van der Waals surface area contributed by atoms with Crippen molar-refractivity contribution in [3.8, 4) is 0 Å². The van der Waals surface area contributed by atoms with E-state index in [4.69, 9.17) is 9.84 Å². The maximum atomic E-state index is 12.4. The van der Waals surface area contributed by atoms with Crippen molar-refractivity contribution in [3.63, 3.8) is 0 Å². The van der Waals surface area contributed by atoms with Gasteiger partial charge in [-0.15, -0.1) is 11.3 Å². The van der Waals surface area contributed by atoms with Gasteiger partial charge in [-0.25, -0.2) is 4.98 Å². The Morgan fingerprint density at radius 1 is 1.42 bits per heavy atom. The van der Waals surface area contributed by atoms with Crippen LogP contribution in [0.4, 0.5) is 5.69 Å². The Morgan fingerprint density at radius 2 is 2.31 bits per heavy atom. The van der Waals surface area contributed by atoms with E-state index in [1.54, 1.807) is 17.1 Å². The van der Waals surface area contributed by atoms with Crippen LogP contribution in [0, 0.1) is 0 Å². The molecular formula is C18H20N2O4S2. The Labute approximate surface area is 160 Å². The van der Waals surface area contributed by atoms with E-state index in [1.807, 2.05) is 24.3 Å². The molecule has 0 bridgehead atoms. The van der Waals surface area contributed by atoms with E-state index in [9.17, 15) is 9.59 Å². The lowest BCUT2D eigenvalue weighted by molar-refractivity contribution is -0.136. The third-order valence-corrected chi connectivity index (χ3v) is 5.84. The topological polar surface area (TPSA) is 88.5 Å². The normalized spacial score (nSPS) is 16.5. The average Bonchev–Trinajstić information content (AvgIpc) is 3.30. The first kappa shape index (κ1) is 18.9. The first-order valence-corrected chi connectivity index (χ1v) is 10.4. The lowest BCUT2D eigenvalue weighted by Gasteiger charge is -2.07. The Morgan fingerprint density at radius 3 is 3.08 bits per heavy atom. The zero-order valence-corrected chi connectivity index (χ0v) is 15.8. The molecule has 1 aliphatic heterocycles. The molecule has 3 rings (SSSR count). The van der Waals surface area contributed by atoms with E-state index in [-0.39, 0.29) is 18.4 Å². The maximum Gasteiger partial charge on any atom is 0.304 e. The summed E-state index contributed by atoms with van der Waals surface area (Å²) in [6, 6.07) is 7.57. The third kappa shape index (κ3) is 5.30. The number of rotatable bonds is 8. The molecule has 2 heterocycles. The summed E-state index contributed by atoms with van der Waals surface area (Å²) < 4.78 is 5.60. The number of carboxylic acids is 1. The number of nitrogens with one attached hydrogen (secondary N) is 1. The monoisotopic (exact) mass is 392 g/mol. The Bertz CT molecular complexity index is 772. The van der Waals surface area contributed by atoms with Crippen LogP contribution in [0.2, 0.25) is 0 Å². The number of thiazole rings is 1. The summed E-state index contributed by atoms with van der Waals surface area (Å²) in [4.78, 5) is 27.4. The molecule has 1 fully saturated rings. The minimum absolute atomic E-state index is 0.0210. The predicted molar refractivity (Wildman–Crippen MR) is 103 cm³/mol. The number of carbonyl (C=O) groups excluding carboxylic acids is 1. The SMILES string of the molecule is O=C(O)CCSCc1cccc(NC(=O)c2csc(C3CCCO3)n2)c1. The van der Waals surface area contributed by atoms with Gasteiger partial charge < -0.3 is 15.2 Å². The first-order valence-electron chi connectivity index (χ1n) is 8.38. The molecule has 1 atom stereocenters. The number of aliphatic carboxylic acids is 1. The summed E-state index contributed by atoms with van der Waals surface area (Å²) in [6.45, 7) is 0.753. The molecule has 1 amide bonds. The van der Waals surface area contributed by atoms with Gasteiger partial charge in [0.1, 0.15) is 16.8 Å². The second-order valence-electron chi connectivity index (χ2n) is 5.92. The van der Waals surface area contributed by atoms with E-state index in [0.717, 1.165) is 30.0 Å². The highest BCUT2D eigenvalue weighted by Crippen LogP contribution is 2.30. The molecule has 26 heavy (non-hydrogen) atoms. The number of carbonyl (C=O) groups is 2. The van der Waals surface area contributed by atoms with Gasteiger partial charge in [0.05, 0.1) is 6.42 Å². The van der Waals surface area contributed by atoms with Crippen molar-refractivity contribution in [2.24, 2.45) is 0 Å². The van der Waals surface area contributed by atoms with E-state index in [0.29, 0.717) is 22.9 Å². The lowest BCUT2D eigenvalue weighted by Crippen LogP contribution is -2.12. The van der Waals surface area contributed by atoms with Crippen molar-refractivity contribution in [2.75, 3.05) is 17.7 Å². The van der Waals surface area contributed by atoms with Gasteiger partial charge in [-0.05, 0) is 30.5 Å². The van der Waals surface area contributed by atoms with Crippen LogP contribution in [0.5, 0.6) is 0 Å². The number of nitrogens with zero attached hydrogens (tertiary/aromatic N) is 1. The van der Waals surface area contributed by atoms with Crippen molar-refractivity contribution in [1.82, 2.24) is 4.98 Å². The molecule has 138 valence electrons. The number of amides is 1. The van der Waals surface area contributed by atoms with Crippen LogP contribution in [-0.4, -0.2) is 34.3 Å². The van der Waals surface area contributed by atoms with Crippen molar-refractivity contribution >= 4 is 40.7 Å². The van der Waals surface area contributed by atoms with Crippen molar-refractivity contribution in [1.29, 1.82) is 0 Å². The zero-order chi connectivity index (χ0) is 18.4. The van der Waals surface area contributed by atoms with E-state index in [2.05, 4.69) is 10.3 Å². The van der Waals surface area contributed by atoms with Crippen LogP contribution in [0.15, 0.2) is 29.6 Å². The molecule has 1 aromatic carbocycles. The number of aromatic nitrogens is 1. The number of anilines is 1. The summed E-state index contributed by atoms with van der Waals surface area (Å²) >= 11 is 3.01. The molecule has 6 nitrogen and oxygen atoms in total. The van der Waals surface area contributed by atoms with E-state index < -0.39 is 5.97 Å². The predicted octanol–water partition coefficient (Wildman–Crippen LogP) is 3.95. The molecule has 0 saturated carbocycles. The minimum Gasteiger partial charge on any atom is -0.481 e. The van der Waals surface area contributed by atoms with Gasteiger partial charge in [0, 0.05) is 29.2 Å². The Balaban J connectivity index is 1.55. The molecule has 1 aliphatic rings. The van der Waals surface area contributed by atoms with Crippen molar-refractivity contribution < 1.29 is 19.4 Å². The molecule has 2 N–H and O–H groups in total. The highest BCUT2D eigenvalue weighted by molar-refractivity contribution is 7.98. The quantitative estimate of drug-likeness (QED) is 0.661. The fraction of sp³-hybridized carbons (Fsp3) is 0.389. The van der Waals surface area contributed by atoms with Gasteiger partial charge in [-0.3, -0.25) is 9.59 Å². The fourth-order valence-electron chi connectivity index (χ4n) is 2.60. The number of hydrogen-bond acceptors (Lipinski definition) is 6. The average molecular weight is 393 g/mol. The highest BCUT2D eigenvalue weighted by atomic mass is 32.2. The van der Waals surface area contributed by atoms with Crippen LogP contribution in [0.25, 0.3) is 0 Å². The highest BCUT2D eigenvalue weighted by Gasteiger charge is 2.22. The van der Waals surface area contributed by atoms with Crippen LogP contribution in [-0.2, 0) is 15.3 Å². The molecule has 1 saturated heterocycles. The van der Waals surface area contributed by atoms with Gasteiger partial charge in [-0.1, -0.05) is 12.1 Å². The second-order valence-corrected chi connectivity index (χ2v) is 7.92. The molecule has 0 aliphatic carbocycles. The zero-order valence-electron chi connectivity index (χ0n) is 14.1. The number of benzene rings is 1. The van der Waals surface area contributed by atoms with Crippen LogP contribution < -0.4 is 5.32 Å². The van der Waals surface area contributed by atoms with Crippen molar-refractivity contribution in [2.45, 2.75) is 31.1 Å². The summed E-state index contributed by atoms with van der Waals surface area (Å²) in [5.41, 5.74) is 2.15. The first-order chi connectivity index (χ1) is 12.6. The van der Waals surface area contributed by atoms with Crippen LogP contribution in [0.1, 0.15) is 46.4 Å². The summed E-state index contributed by atoms with van der Waals surface area (Å²) in [5.74, 6) is 0.249. The van der Waals surface area contributed by atoms with Gasteiger partial charge >= 0.3 is 5.97 Å². The van der Waals surface area contributed by atoms with Gasteiger partial charge in [0.15, 0.2) is 0 Å². The van der Waals surface area contributed by atoms with Gasteiger partial charge in [0.25, 0.3) is 5.91 Å². The number of thioether (sulfide) groups is 1. The maximum absolute atomic E-state index is 12.4. The smallest absolute Gasteiger partial charge is 0.304 e. The summed E-state index contributed by atoms with van der Waals surface area (Å²) in [6.07, 6.45) is 2.16. The van der Waals surface area contributed by atoms with Crippen LogP contribution in [0.3, 0.4) is 0 Å². The molecule has 0 spiro atoms. The molecule has 0 radical (unpaired) electrons. The van der Waals surface area contributed by atoms with Crippen LogP contribution >= 0.6 is 23.1 Å². The largest absolute Gasteiger partial charge is 0.481 e. The molecule has 1 aromatic heterocycles. The van der Waals surface area contributed by atoms with Gasteiger partial charge in [-0.2, -0.15) is 11.8 Å². The van der Waals surface area contributed by atoms with E-state index in [1.165, 1.54) is 11.3 Å². The van der Waals surface area contributed by atoms with E-state index >= 15 is 0 Å². The Kier molecular flexibility index (Phi) is 6.65. The number of ether oxygens (including phenoxy) is 1. The number of carboxylic acid groups (broad SMARTS) is 1. The number of hydrogen-bond donors (Lipinski definition) is 2. The second kappa shape index (κ2) is 9.16. The molecule has 2 aromatic rings. The van der Waals surface area contributed by atoms with Crippen molar-refractivity contribution in [3.05, 3.63) is 45.9 Å². The fourth-order valence-corrected chi connectivity index (χ4v) is 4.36. The van der Waals surface area contributed by atoms with Gasteiger partial charge in [0.2, 0.25) is 0 Å². The summed E-state index contributed by atoms with van der Waals surface area (Å²) in [7, 11) is 0. The lowest BCUT2D eigenvalue weighted by atomic mass is 10.2. The molecule has 8 heteroatoms. The Hall–Kier alpha value is -1.90. The molecule has 1 unspecified atom stereocenters. The minimum atomic E-state index is -0.788. The summed E-state index contributed by atoms with van der Waals surface area (Å²) in [5, 5.41) is 14.2.